The molecule has 2 aromatic carbocycles. The van der Waals surface area contributed by atoms with Crippen molar-refractivity contribution >= 4 is 11.4 Å². The van der Waals surface area contributed by atoms with E-state index in [-0.39, 0.29) is 0 Å². The summed E-state index contributed by atoms with van der Waals surface area (Å²) in [6, 6.07) is 17.8. The first kappa shape index (κ1) is 13.3. The highest BCUT2D eigenvalue weighted by molar-refractivity contribution is 5.66. The molecule has 0 aliphatic rings. The van der Waals surface area contributed by atoms with E-state index in [1.807, 2.05) is 61.6 Å². The molecule has 0 aliphatic heterocycles. The second-order valence-electron chi connectivity index (χ2n) is 4.50. The van der Waals surface area contributed by atoms with Crippen LogP contribution < -0.4 is 15.4 Å². The van der Waals surface area contributed by atoms with Gasteiger partial charge < -0.3 is 15.4 Å². The van der Waals surface area contributed by atoms with Crippen LogP contribution >= 0.6 is 0 Å². The molecule has 2 N–H and O–H groups in total. The fraction of sp³-hybridized carbons (Fsp3) is 0.250. The molecule has 3 heteroatoms. The fourth-order valence-electron chi connectivity index (χ4n) is 1.96. The van der Waals surface area contributed by atoms with E-state index in [0.717, 1.165) is 30.1 Å². The van der Waals surface area contributed by atoms with E-state index < -0.39 is 0 Å². The number of nitrogen functional groups attached to an aromatic ring is 1. The molecule has 0 saturated carbocycles. The molecule has 3 nitrogen and oxygen atoms in total. The van der Waals surface area contributed by atoms with E-state index >= 15 is 0 Å². The van der Waals surface area contributed by atoms with Crippen LogP contribution in [0.1, 0.15) is 6.42 Å². The summed E-state index contributed by atoms with van der Waals surface area (Å²) in [5, 5.41) is 0. The minimum absolute atomic E-state index is 0.709. The number of nitrogens with two attached hydrogens (primary N) is 1. The van der Waals surface area contributed by atoms with Gasteiger partial charge in [0.2, 0.25) is 0 Å². The second kappa shape index (κ2) is 6.69. The second-order valence-corrected chi connectivity index (χ2v) is 4.50. The fourth-order valence-corrected chi connectivity index (χ4v) is 1.96. The third kappa shape index (κ3) is 3.91. The molecular weight excluding hydrogens is 236 g/mol. The Kier molecular flexibility index (Phi) is 4.67. The molecule has 0 saturated heterocycles. The molecule has 0 amide bonds. The predicted molar refractivity (Wildman–Crippen MR) is 80.7 cm³/mol. The van der Waals surface area contributed by atoms with E-state index in [9.17, 15) is 0 Å². The molecule has 0 atom stereocenters. The first-order chi connectivity index (χ1) is 9.27. The standard InChI is InChI=1S/C16H20N2O/c1-18(16-11-6-5-10-15(16)17)12-7-13-19-14-8-3-2-4-9-14/h2-6,8-11H,7,12-13,17H2,1H3. The van der Waals surface area contributed by atoms with Gasteiger partial charge in [0.25, 0.3) is 0 Å². The van der Waals surface area contributed by atoms with Gasteiger partial charge in [-0.2, -0.15) is 0 Å². The molecule has 2 rings (SSSR count). The SMILES string of the molecule is CN(CCCOc1ccccc1)c1ccccc1N. The molecule has 0 aromatic heterocycles. The van der Waals surface area contributed by atoms with Crippen LogP contribution in [0.5, 0.6) is 5.75 Å². The first-order valence-corrected chi connectivity index (χ1v) is 6.51. The van der Waals surface area contributed by atoms with E-state index in [1.165, 1.54) is 0 Å². The number of benzene rings is 2. The third-order valence-electron chi connectivity index (χ3n) is 3.00. The van der Waals surface area contributed by atoms with Crippen molar-refractivity contribution in [3.05, 3.63) is 54.6 Å². The number of anilines is 2. The van der Waals surface area contributed by atoms with Gasteiger partial charge in [-0.25, -0.2) is 0 Å². The number of hydrogen-bond acceptors (Lipinski definition) is 3. The molecule has 0 unspecified atom stereocenters. The zero-order valence-corrected chi connectivity index (χ0v) is 11.3. The van der Waals surface area contributed by atoms with Crippen LogP contribution in [0.3, 0.4) is 0 Å². The van der Waals surface area contributed by atoms with Gasteiger partial charge in [-0.3, -0.25) is 0 Å². The summed E-state index contributed by atoms with van der Waals surface area (Å²) >= 11 is 0. The van der Waals surface area contributed by atoms with E-state index in [2.05, 4.69) is 4.90 Å². The smallest absolute Gasteiger partial charge is 0.119 e. The predicted octanol–water partition coefficient (Wildman–Crippen LogP) is 3.17. The number of para-hydroxylation sites is 3. The highest BCUT2D eigenvalue weighted by Crippen LogP contribution is 2.21. The van der Waals surface area contributed by atoms with Crippen LogP contribution in [-0.2, 0) is 0 Å². The van der Waals surface area contributed by atoms with Crippen LogP contribution in [0.2, 0.25) is 0 Å². The summed E-state index contributed by atoms with van der Waals surface area (Å²) < 4.78 is 5.66. The maximum Gasteiger partial charge on any atom is 0.119 e. The lowest BCUT2D eigenvalue weighted by Gasteiger charge is -2.20. The van der Waals surface area contributed by atoms with E-state index in [0.29, 0.717) is 6.61 Å². The zero-order valence-electron chi connectivity index (χ0n) is 11.3. The number of rotatable bonds is 6. The van der Waals surface area contributed by atoms with Crippen molar-refractivity contribution in [1.82, 2.24) is 0 Å². The van der Waals surface area contributed by atoms with Gasteiger partial charge in [-0.05, 0) is 30.7 Å². The third-order valence-corrected chi connectivity index (χ3v) is 3.00. The minimum atomic E-state index is 0.709. The topological polar surface area (TPSA) is 38.5 Å². The average molecular weight is 256 g/mol. The highest BCUT2D eigenvalue weighted by Gasteiger charge is 2.03. The van der Waals surface area contributed by atoms with E-state index in [1.54, 1.807) is 0 Å². The van der Waals surface area contributed by atoms with Crippen LogP contribution in [-0.4, -0.2) is 20.2 Å². The molecule has 0 aliphatic carbocycles. The molecule has 2 aromatic rings. The van der Waals surface area contributed by atoms with Crippen molar-refractivity contribution in [2.24, 2.45) is 0 Å². The summed E-state index contributed by atoms with van der Waals surface area (Å²) in [4.78, 5) is 2.16. The number of nitrogens with zero attached hydrogens (tertiary/aromatic N) is 1. The Bertz CT molecular complexity index is 499. The Morgan fingerprint density at radius 3 is 2.42 bits per heavy atom. The van der Waals surface area contributed by atoms with Gasteiger partial charge in [0.15, 0.2) is 0 Å². The monoisotopic (exact) mass is 256 g/mol. The van der Waals surface area contributed by atoms with Crippen LogP contribution in [0, 0.1) is 0 Å². The highest BCUT2D eigenvalue weighted by atomic mass is 16.5. The Morgan fingerprint density at radius 2 is 1.68 bits per heavy atom. The van der Waals surface area contributed by atoms with E-state index in [4.69, 9.17) is 10.5 Å². The Balaban J connectivity index is 1.76. The van der Waals surface area contributed by atoms with Crippen LogP contribution in [0.25, 0.3) is 0 Å². The molecule has 0 bridgehead atoms. The van der Waals surface area contributed by atoms with Crippen molar-refractivity contribution in [1.29, 1.82) is 0 Å². The minimum Gasteiger partial charge on any atom is -0.494 e. The summed E-state index contributed by atoms with van der Waals surface area (Å²) in [7, 11) is 2.05. The van der Waals surface area contributed by atoms with Crippen molar-refractivity contribution < 1.29 is 4.74 Å². The molecule has 0 spiro atoms. The van der Waals surface area contributed by atoms with Crippen LogP contribution in [0.4, 0.5) is 11.4 Å². The van der Waals surface area contributed by atoms with Crippen molar-refractivity contribution in [2.45, 2.75) is 6.42 Å². The van der Waals surface area contributed by atoms with Crippen molar-refractivity contribution in [3.63, 3.8) is 0 Å². The summed E-state index contributed by atoms with van der Waals surface area (Å²) in [6.07, 6.45) is 0.958. The Morgan fingerprint density at radius 1 is 1.00 bits per heavy atom. The molecule has 100 valence electrons. The number of ether oxygens (including phenoxy) is 1. The zero-order chi connectivity index (χ0) is 13.5. The lowest BCUT2D eigenvalue weighted by atomic mass is 10.2. The van der Waals surface area contributed by atoms with Gasteiger partial charge >= 0.3 is 0 Å². The van der Waals surface area contributed by atoms with Crippen molar-refractivity contribution in [3.8, 4) is 5.75 Å². The molecule has 0 fully saturated rings. The quantitative estimate of drug-likeness (QED) is 0.637. The summed E-state index contributed by atoms with van der Waals surface area (Å²) in [5.41, 5.74) is 7.83. The maximum atomic E-state index is 5.94. The van der Waals surface area contributed by atoms with Gasteiger partial charge in [0.05, 0.1) is 18.0 Å². The lowest BCUT2D eigenvalue weighted by molar-refractivity contribution is 0.312. The number of hydrogen-bond donors (Lipinski definition) is 1. The first-order valence-electron chi connectivity index (χ1n) is 6.51. The molecule has 19 heavy (non-hydrogen) atoms. The Hall–Kier alpha value is -2.16. The van der Waals surface area contributed by atoms with Gasteiger partial charge in [-0.15, -0.1) is 0 Å². The molecule has 0 heterocycles. The molecular formula is C16H20N2O. The Labute approximate surface area is 114 Å². The largest absolute Gasteiger partial charge is 0.494 e. The van der Waals surface area contributed by atoms with Gasteiger partial charge in [0.1, 0.15) is 5.75 Å². The maximum absolute atomic E-state index is 5.94. The normalized spacial score (nSPS) is 10.2. The van der Waals surface area contributed by atoms with Gasteiger partial charge in [-0.1, -0.05) is 30.3 Å². The molecule has 0 radical (unpaired) electrons. The average Bonchev–Trinajstić information content (AvgIpc) is 2.45. The van der Waals surface area contributed by atoms with Crippen molar-refractivity contribution in [2.75, 3.05) is 30.8 Å². The van der Waals surface area contributed by atoms with Gasteiger partial charge in [0, 0.05) is 13.6 Å². The summed E-state index contributed by atoms with van der Waals surface area (Å²) in [5.74, 6) is 0.921. The summed E-state index contributed by atoms with van der Waals surface area (Å²) in [6.45, 7) is 1.63. The lowest BCUT2D eigenvalue weighted by Crippen LogP contribution is -2.21. The van der Waals surface area contributed by atoms with Crippen LogP contribution in [0.15, 0.2) is 54.6 Å².